The van der Waals surface area contributed by atoms with Gasteiger partial charge in [-0.3, -0.25) is 4.79 Å². The van der Waals surface area contributed by atoms with Gasteiger partial charge in [-0.25, -0.2) is 13.1 Å². The molecule has 232 valence electrons. The number of sulfonamides is 1. The van der Waals surface area contributed by atoms with Crippen LogP contribution < -0.4 is 19.5 Å². The van der Waals surface area contributed by atoms with Gasteiger partial charge in [-0.2, -0.15) is 0 Å². The molecule has 1 amide bonds. The Bertz CT molecular complexity index is 1710. The molecule has 2 N–H and O–H groups in total. The van der Waals surface area contributed by atoms with Crippen molar-refractivity contribution in [2.45, 2.75) is 50.2 Å². The molecule has 5 rings (SSSR count). The Balaban J connectivity index is 1.31. The highest BCUT2D eigenvalue weighted by molar-refractivity contribution is 7.89. The lowest BCUT2D eigenvalue weighted by molar-refractivity contribution is -0.122. The Morgan fingerprint density at radius 1 is 1.00 bits per heavy atom. The molecule has 0 spiro atoms. The van der Waals surface area contributed by atoms with Crippen LogP contribution in [0.2, 0.25) is 0 Å². The summed E-state index contributed by atoms with van der Waals surface area (Å²) < 4.78 is 41.3. The Hall–Kier alpha value is -3.92. The van der Waals surface area contributed by atoms with E-state index in [2.05, 4.69) is 48.0 Å². The summed E-state index contributed by atoms with van der Waals surface area (Å²) in [5, 5.41) is 4.79. The molecule has 44 heavy (non-hydrogen) atoms. The van der Waals surface area contributed by atoms with Gasteiger partial charge in [0.2, 0.25) is 15.9 Å². The van der Waals surface area contributed by atoms with E-state index in [0.29, 0.717) is 30.3 Å². The predicted octanol–water partition coefficient (Wildman–Crippen LogP) is 5.99. The second-order valence-corrected chi connectivity index (χ2v) is 13.6. The van der Waals surface area contributed by atoms with Crippen molar-refractivity contribution in [1.82, 2.24) is 14.9 Å². The molecule has 9 heteroatoms. The molecule has 2 unspecified atom stereocenters. The first kappa shape index (κ1) is 31.5. The number of benzene rings is 4. The third-order valence-electron chi connectivity index (χ3n) is 7.80. The lowest BCUT2D eigenvalue weighted by Gasteiger charge is -2.28. The number of hydrogen-bond acceptors (Lipinski definition) is 6. The van der Waals surface area contributed by atoms with Crippen LogP contribution in [0.5, 0.6) is 11.5 Å². The molecule has 0 fully saturated rings. The Labute approximate surface area is 260 Å². The van der Waals surface area contributed by atoms with Crippen LogP contribution in [-0.4, -0.2) is 46.5 Å². The van der Waals surface area contributed by atoms with E-state index in [4.69, 9.17) is 9.47 Å². The number of amides is 1. The number of methoxy groups -OCH3 is 1. The Kier molecular flexibility index (Phi) is 9.88. The number of rotatable bonds is 12. The molecule has 0 saturated carbocycles. The van der Waals surface area contributed by atoms with Crippen molar-refractivity contribution in [3.8, 4) is 11.5 Å². The van der Waals surface area contributed by atoms with Gasteiger partial charge < -0.3 is 19.7 Å². The first-order valence-corrected chi connectivity index (χ1v) is 16.5. The SMILES string of the molecule is COc1ccc2cc(S(=O)(=O)NC(CC(=O)NC3CCOc4cc(CN(C)CC(C)C)ccc43)c3ccccc3)ccc2c1. The van der Waals surface area contributed by atoms with Gasteiger partial charge in [0.25, 0.3) is 0 Å². The van der Waals surface area contributed by atoms with Crippen molar-refractivity contribution in [2.24, 2.45) is 5.92 Å². The number of nitrogens with one attached hydrogen (secondary N) is 2. The van der Waals surface area contributed by atoms with E-state index >= 15 is 0 Å². The zero-order chi connectivity index (χ0) is 31.3. The van der Waals surface area contributed by atoms with Crippen LogP contribution in [-0.2, 0) is 21.4 Å². The van der Waals surface area contributed by atoms with E-state index in [1.165, 1.54) is 0 Å². The molecule has 0 radical (unpaired) electrons. The third-order valence-corrected chi connectivity index (χ3v) is 9.27. The second kappa shape index (κ2) is 13.8. The molecule has 4 aromatic carbocycles. The highest BCUT2D eigenvalue weighted by Gasteiger charge is 2.28. The van der Waals surface area contributed by atoms with E-state index in [1.54, 1.807) is 31.4 Å². The van der Waals surface area contributed by atoms with Crippen molar-refractivity contribution >= 4 is 26.7 Å². The summed E-state index contributed by atoms with van der Waals surface area (Å²) in [5.41, 5.74) is 2.80. The fourth-order valence-electron chi connectivity index (χ4n) is 5.78. The van der Waals surface area contributed by atoms with Gasteiger partial charge in [-0.1, -0.05) is 68.4 Å². The van der Waals surface area contributed by atoms with Gasteiger partial charge in [-0.05, 0) is 65.2 Å². The molecule has 2 atom stereocenters. The largest absolute Gasteiger partial charge is 0.497 e. The number of nitrogens with zero attached hydrogens (tertiary/aromatic N) is 1. The molecule has 1 aliphatic rings. The number of ether oxygens (including phenoxy) is 2. The molecule has 0 aromatic heterocycles. The standard InChI is InChI=1S/C35H41N3O5S/c1-24(2)22-38(3)23-25-10-15-31-32(16-17-43-34(31)18-25)36-35(39)21-33(26-8-6-5-7-9-26)37-44(40,41)30-14-12-27-19-29(42-4)13-11-28(27)20-30/h5-15,18-20,24,32-33,37H,16-17,21-23H2,1-4H3,(H,36,39). The average Bonchev–Trinajstić information content (AvgIpc) is 3.00. The van der Waals surface area contributed by atoms with E-state index in [1.807, 2.05) is 48.5 Å². The van der Waals surface area contributed by atoms with Gasteiger partial charge in [-0.15, -0.1) is 0 Å². The van der Waals surface area contributed by atoms with Crippen LogP contribution in [0.4, 0.5) is 0 Å². The van der Waals surface area contributed by atoms with Crippen molar-refractivity contribution < 1.29 is 22.7 Å². The molecule has 4 aromatic rings. The highest BCUT2D eigenvalue weighted by Crippen LogP contribution is 2.34. The van der Waals surface area contributed by atoms with Gasteiger partial charge >= 0.3 is 0 Å². The van der Waals surface area contributed by atoms with Crippen LogP contribution in [0.1, 0.15) is 55.5 Å². The summed E-state index contributed by atoms with van der Waals surface area (Å²) in [6, 6.07) is 24.8. The van der Waals surface area contributed by atoms with E-state index in [-0.39, 0.29) is 23.3 Å². The van der Waals surface area contributed by atoms with Crippen LogP contribution in [0.15, 0.2) is 89.8 Å². The predicted molar refractivity (Wildman–Crippen MR) is 173 cm³/mol. The maximum absolute atomic E-state index is 13.6. The van der Waals surface area contributed by atoms with Crippen LogP contribution in [0, 0.1) is 5.92 Å². The van der Waals surface area contributed by atoms with E-state index in [9.17, 15) is 13.2 Å². The number of carbonyl (C=O) groups excluding carboxylic acids is 1. The molecule has 0 aliphatic carbocycles. The first-order chi connectivity index (χ1) is 21.1. The maximum atomic E-state index is 13.6. The average molecular weight is 616 g/mol. The Morgan fingerprint density at radius 3 is 2.50 bits per heavy atom. The van der Waals surface area contributed by atoms with Gasteiger partial charge in [0.15, 0.2) is 0 Å². The summed E-state index contributed by atoms with van der Waals surface area (Å²) in [4.78, 5) is 15.9. The minimum atomic E-state index is -3.95. The van der Waals surface area contributed by atoms with Crippen molar-refractivity contribution in [3.63, 3.8) is 0 Å². The topological polar surface area (TPSA) is 97.0 Å². The van der Waals surface area contributed by atoms with Gasteiger partial charge in [0.1, 0.15) is 11.5 Å². The number of carbonyl (C=O) groups is 1. The second-order valence-electron chi connectivity index (χ2n) is 11.9. The minimum absolute atomic E-state index is 0.0568. The summed E-state index contributed by atoms with van der Waals surface area (Å²) in [6.45, 7) is 6.71. The van der Waals surface area contributed by atoms with E-state index in [0.717, 1.165) is 40.7 Å². The summed E-state index contributed by atoms with van der Waals surface area (Å²) in [5.74, 6) is 1.81. The van der Waals surface area contributed by atoms with E-state index < -0.39 is 16.1 Å². The van der Waals surface area contributed by atoms with Crippen molar-refractivity contribution in [3.05, 3.63) is 102 Å². The summed E-state index contributed by atoms with van der Waals surface area (Å²) in [7, 11) is -0.248. The monoisotopic (exact) mass is 615 g/mol. The molecule has 1 heterocycles. The number of fused-ring (bicyclic) bond motifs is 2. The van der Waals surface area contributed by atoms with Crippen LogP contribution in [0.25, 0.3) is 10.8 Å². The smallest absolute Gasteiger partial charge is 0.241 e. The van der Waals surface area contributed by atoms with Crippen LogP contribution >= 0.6 is 0 Å². The molecular formula is C35H41N3O5S. The maximum Gasteiger partial charge on any atom is 0.241 e. The fourth-order valence-corrected chi connectivity index (χ4v) is 7.04. The molecule has 8 nitrogen and oxygen atoms in total. The molecule has 0 saturated heterocycles. The normalized spacial score (nSPS) is 15.5. The van der Waals surface area contributed by atoms with Crippen molar-refractivity contribution in [1.29, 1.82) is 0 Å². The highest BCUT2D eigenvalue weighted by atomic mass is 32.2. The first-order valence-electron chi connectivity index (χ1n) is 15.0. The lowest BCUT2D eigenvalue weighted by Crippen LogP contribution is -2.36. The molecule has 1 aliphatic heterocycles. The van der Waals surface area contributed by atoms with Crippen LogP contribution in [0.3, 0.4) is 0 Å². The lowest BCUT2D eigenvalue weighted by atomic mass is 9.97. The van der Waals surface area contributed by atoms with Crippen molar-refractivity contribution in [2.75, 3.05) is 27.3 Å². The molecule has 0 bridgehead atoms. The fraction of sp³-hybridized carbons (Fsp3) is 0.343. The third kappa shape index (κ3) is 7.77. The summed E-state index contributed by atoms with van der Waals surface area (Å²) >= 11 is 0. The zero-order valence-electron chi connectivity index (χ0n) is 25.7. The minimum Gasteiger partial charge on any atom is -0.497 e. The number of hydrogen-bond donors (Lipinski definition) is 2. The molecular weight excluding hydrogens is 574 g/mol. The van der Waals surface area contributed by atoms with Gasteiger partial charge in [0.05, 0.1) is 30.7 Å². The van der Waals surface area contributed by atoms with Gasteiger partial charge in [0, 0.05) is 31.5 Å². The zero-order valence-corrected chi connectivity index (χ0v) is 26.6. The summed E-state index contributed by atoms with van der Waals surface area (Å²) in [6.07, 6.45) is 0.577. The quantitative estimate of drug-likeness (QED) is 0.203. The Morgan fingerprint density at radius 2 is 1.75 bits per heavy atom.